The molecule has 0 heterocycles. The molecule has 0 saturated carbocycles. The number of nitrogens with one attached hydrogen (secondary N) is 1. The summed E-state index contributed by atoms with van der Waals surface area (Å²) in [5.41, 5.74) is 0. The zero-order valence-corrected chi connectivity index (χ0v) is 14.0. The third kappa shape index (κ3) is 12.5. The Bertz CT molecular complexity index is 219. The van der Waals surface area contributed by atoms with E-state index < -0.39 is 0 Å². The Morgan fingerprint density at radius 3 is 2.00 bits per heavy atom. The van der Waals surface area contributed by atoms with Crippen LogP contribution in [-0.2, 0) is 4.79 Å². The summed E-state index contributed by atoms with van der Waals surface area (Å²) in [6, 6.07) is 0. The van der Waals surface area contributed by atoms with Crippen LogP contribution in [0.2, 0.25) is 0 Å². The van der Waals surface area contributed by atoms with Crippen molar-refractivity contribution in [3.8, 4) is 0 Å². The largest absolute Gasteiger partial charge is 0.346 e. The van der Waals surface area contributed by atoms with E-state index in [4.69, 9.17) is 0 Å². The van der Waals surface area contributed by atoms with E-state index in [-0.39, 0.29) is 0 Å². The van der Waals surface area contributed by atoms with Crippen molar-refractivity contribution in [2.45, 2.75) is 77.6 Å². The van der Waals surface area contributed by atoms with Crippen molar-refractivity contribution < 1.29 is 4.79 Å². The SMILES string of the molecule is CCCCCCCCCCCC(=O)N(C)CCCNC. The summed E-state index contributed by atoms with van der Waals surface area (Å²) >= 11 is 0. The maximum Gasteiger partial charge on any atom is 0.222 e. The molecule has 0 aromatic heterocycles. The van der Waals surface area contributed by atoms with Gasteiger partial charge in [0.05, 0.1) is 0 Å². The second-order valence-electron chi connectivity index (χ2n) is 5.85. The molecule has 3 heteroatoms. The van der Waals surface area contributed by atoms with Crippen LogP contribution in [-0.4, -0.2) is 38.0 Å². The highest BCUT2D eigenvalue weighted by Crippen LogP contribution is 2.11. The monoisotopic (exact) mass is 284 g/mol. The Hall–Kier alpha value is -0.570. The minimum absolute atomic E-state index is 0.309. The summed E-state index contributed by atoms with van der Waals surface area (Å²) in [4.78, 5) is 13.7. The summed E-state index contributed by atoms with van der Waals surface area (Å²) in [6.45, 7) is 4.11. The number of hydrogen-bond acceptors (Lipinski definition) is 2. The van der Waals surface area contributed by atoms with E-state index in [0.29, 0.717) is 5.91 Å². The molecular weight excluding hydrogens is 248 g/mol. The smallest absolute Gasteiger partial charge is 0.222 e. The first kappa shape index (κ1) is 19.4. The summed E-state index contributed by atoms with van der Waals surface area (Å²) in [5, 5.41) is 3.11. The van der Waals surface area contributed by atoms with E-state index >= 15 is 0 Å². The van der Waals surface area contributed by atoms with E-state index in [1.165, 1.54) is 51.4 Å². The molecule has 0 radical (unpaired) electrons. The molecule has 0 aliphatic heterocycles. The highest BCUT2D eigenvalue weighted by molar-refractivity contribution is 5.75. The molecule has 0 aliphatic carbocycles. The molecule has 3 nitrogen and oxygen atoms in total. The van der Waals surface area contributed by atoms with Gasteiger partial charge in [-0.15, -0.1) is 0 Å². The van der Waals surface area contributed by atoms with Crippen LogP contribution in [0.3, 0.4) is 0 Å². The van der Waals surface area contributed by atoms with Gasteiger partial charge >= 0.3 is 0 Å². The number of nitrogens with zero attached hydrogens (tertiary/aromatic N) is 1. The predicted octanol–water partition coefficient (Wildman–Crippen LogP) is 3.98. The van der Waals surface area contributed by atoms with Gasteiger partial charge in [-0.05, 0) is 26.4 Å². The van der Waals surface area contributed by atoms with Gasteiger partial charge in [-0.1, -0.05) is 58.3 Å². The molecule has 0 spiro atoms. The van der Waals surface area contributed by atoms with Gasteiger partial charge in [-0.25, -0.2) is 0 Å². The quantitative estimate of drug-likeness (QED) is 0.489. The highest BCUT2D eigenvalue weighted by atomic mass is 16.2. The number of rotatable bonds is 14. The van der Waals surface area contributed by atoms with Gasteiger partial charge in [0, 0.05) is 20.0 Å². The Labute approximate surface area is 126 Å². The highest BCUT2D eigenvalue weighted by Gasteiger charge is 2.07. The summed E-state index contributed by atoms with van der Waals surface area (Å²) < 4.78 is 0. The number of unbranched alkanes of at least 4 members (excludes halogenated alkanes) is 8. The molecule has 0 aromatic rings. The van der Waals surface area contributed by atoms with Crippen LogP contribution in [0.4, 0.5) is 0 Å². The first-order chi connectivity index (χ1) is 9.72. The van der Waals surface area contributed by atoms with Crippen LogP contribution >= 0.6 is 0 Å². The zero-order valence-electron chi connectivity index (χ0n) is 14.0. The van der Waals surface area contributed by atoms with Crippen molar-refractivity contribution in [3.05, 3.63) is 0 Å². The number of carbonyl (C=O) groups excluding carboxylic acids is 1. The zero-order chi connectivity index (χ0) is 15.1. The maximum atomic E-state index is 11.8. The summed E-state index contributed by atoms with van der Waals surface area (Å²) in [6.07, 6.45) is 13.5. The molecule has 0 aliphatic rings. The fraction of sp³-hybridized carbons (Fsp3) is 0.941. The second-order valence-corrected chi connectivity index (χ2v) is 5.85. The third-order valence-corrected chi connectivity index (χ3v) is 3.84. The Morgan fingerprint density at radius 2 is 1.45 bits per heavy atom. The maximum absolute atomic E-state index is 11.8. The molecule has 0 atom stereocenters. The Morgan fingerprint density at radius 1 is 0.900 bits per heavy atom. The Balaban J connectivity index is 3.30. The Kier molecular flexibility index (Phi) is 14.4. The van der Waals surface area contributed by atoms with Crippen molar-refractivity contribution in [2.75, 3.05) is 27.2 Å². The first-order valence-corrected chi connectivity index (χ1v) is 8.61. The van der Waals surface area contributed by atoms with Gasteiger partial charge in [-0.3, -0.25) is 4.79 Å². The fourth-order valence-electron chi connectivity index (χ4n) is 2.40. The summed E-state index contributed by atoms with van der Waals surface area (Å²) in [7, 11) is 3.87. The lowest BCUT2D eigenvalue weighted by molar-refractivity contribution is -0.130. The molecule has 0 rings (SSSR count). The van der Waals surface area contributed by atoms with Crippen LogP contribution in [0.1, 0.15) is 77.6 Å². The molecule has 0 aromatic carbocycles. The van der Waals surface area contributed by atoms with E-state index in [2.05, 4.69) is 12.2 Å². The second kappa shape index (κ2) is 14.8. The minimum Gasteiger partial charge on any atom is -0.346 e. The number of hydrogen-bond donors (Lipinski definition) is 1. The standard InChI is InChI=1S/C17H36N2O/c1-4-5-6-7-8-9-10-11-12-14-17(20)19(3)16-13-15-18-2/h18H,4-16H2,1-3H3. The van der Waals surface area contributed by atoms with E-state index in [9.17, 15) is 4.79 Å². The molecule has 1 amide bonds. The number of amides is 1. The molecule has 120 valence electrons. The van der Waals surface area contributed by atoms with Gasteiger partial charge < -0.3 is 10.2 Å². The average molecular weight is 284 g/mol. The average Bonchev–Trinajstić information content (AvgIpc) is 2.45. The lowest BCUT2D eigenvalue weighted by Gasteiger charge is -2.16. The molecule has 0 unspecified atom stereocenters. The van der Waals surface area contributed by atoms with Crippen molar-refractivity contribution in [1.82, 2.24) is 10.2 Å². The topological polar surface area (TPSA) is 32.3 Å². The molecule has 0 bridgehead atoms. The van der Waals surface area contributed by atoms with Crippen molar-refractivity contribution >= 4 is 5.91 Å². The predicted molar refractivity (Wildman–Crippen MR) is 88.0 cm³/mol. The summed E-state index contributed by atoms with van der Waals surface area (Å²) in [5.74, 6) is 0.309. The van der Waals surface area contributed by atoms with Crippen LogP contribution in [0.5, 0.6) is 0 Å². The van der Waals surface area contributed by atoms with Gasteiger partial charge in [0.15, 0.2) is 0 Å². The molecule has 20 heavy (non-hydrogen) atoms. The van der Waals surface area contributed by atoms with Crippen LogP contribution in [0, 0.1) is 0 Å². The van der Waals surface area contributed by atoms with E-state index in [0.717, 1.165) is 32.4 Å². The third-order valence-electron chi connectivity index (χ3n) is 3.84. The first-order valence-electron chi connectivity index (χ1n) is 8.61. The lowest BCUT2D eigenvalue weighted by atomic mass is 10.1. The van der Waals surface area contributed by atoms with E-state index in [1.54, 1.807) is 0 Å². The van der Waals surface area contributed by atoms with Crippen molar-refractivity contribution in [3.63, 3.8) is 0 Å². The van der Waals surface area contributed by atoms with E-state index in [1.807, 2.05) is 19.0 Å². The van der Waals surface area contributed by atoms with Crippen LogP contribution in [0.15, 0.2) is 0 Å². The van der Waals surface area contributed by atoms with Crippen molar-refractivity contribution in [1.29, 1.82) is 0 Å². The van der Waals surface area contributed by atoms with Gasteiger partial charge in [0.25, 0.3) is 0 Å². The van der Waals surface area contributed by atoms with Gasteiger partial charge in [0.1, 0.15) is 0 Å². The normalized spacial score (nSPS) is 10.8. The van der Waals surface area contributed by atoms with Crippen LogP contribution in [0.25, 0.3) is 0 Å². The van der Waals surface area contributed by atoms with Crippen LogP contribution < -0.4 is 5.32 Å². The fourth-order valence-corrected chi connectivity index (χ4v) is 2.40. The van der Waals surface area contributed by atoms with Gasteiger partial charge in [-0.2, -0.15) is 0 Å². The molecular formula is C17H36N2O. The molecule has 0 saturated heterocycles. The molecule has 0 fully saturated rings. The molecule has 1 N–H and O–H groups in total. The van der Waals surface area contributed by atoms with Gasteiger partial charge in [0.2, 0.25) is 5.91 Å². The number of carbonyl (C=O) groups is 1. The lowest BCUT2D eigenvalue weighted by Crippen LogP contribution is -2.29. The van der Waals surface area contributed by atoms with Crippen molar-refractivity contribution in [2.24, 2.45) is 0 Å². The minimum atomic E-state index is 0.309.